The fourth-order valence-electron chi connectivity index (χ4n) is 3.57. The third-order valence-corrected chi connectivity index (χ3v) is 5.01. The molecule has 0 atom stereocenters. The van der Waals surface area contributed by atoms with E-state index in [9.17, 15) is 4.79 Å². The van der Waals surface area contributed by atoms with Crippen molar-refractivity contribution in [1.82, 2.24) is 15.1 Å². The van der Waals surface area contributed by atoms with Crippen LogP contribution in [0.4, 0.5) is 0 Å². The van der Waals surface area contributed by atoms with Crippen LogP contribution in [0.1, 0.15) is 25.3 Å². The van der Waals surface area contributed by atoms with Gasteiger partial charge in [-0.3, -0.25) is 9.69 Å². The van der Waals surface area contributed by atoms with E-state index >= 15 is 0 Å². The molecule has 140 valence electrons. The Hall–Kier alpha value is -1.30. The Bertz CT molecular complexity index is 524. The fraction of sp³-hybridized carbons (Fsp3) is 0.632. The Morgan fingerprint density at radius 1 is 1.12 bits per heavy atom. The molecule has 1 amide bonds. The van der Waals surface area contributed by atoms with Crippen LogP contribution >= 0.6 is 12.4 Å². The second-order valence-corrected chi connectivity index (χ2v) is 6.70. The van der Waals surface area contributed by atoms with Crippen LogP contribution in [0, 0.1) is 5.92 Å². The van der Waals surface area contributed by atoms with Crippen LogP contribution in [0.25, 0.3) is 0 Å². The minimum Gasteiger partial charge on any atom is -0.494 e. The average molecular weight is 368 g/mol. The predicted octanol–water partition coefficient (Wildman–Crippen LogP) is 2.15. The van der Waals surface area contributed by atoms with Crippen molar-refractivity contribution in [2.24, 2.45) is 5.92 Å². The molecule has 25 heavy (non-hydrogen) atoms. The Morgan fingerprint density at radius 2 is 1.76 bits per heavy atom. The lowest BCUT2D eigenvalue weighted by Crippen LogP contribution is -2.51. The van der Waals surface area contributed by atoms with Crippen molar-refractivity contribution in [1.29, 1.82) is 0 Å². The quantitative estimate of drug-likeness (QED) is 0.866. The van der Waals surface area contributed by atoms with Gasteiger partial charge >= 0.3 is 0 Å². The maximum atomic E-state index is 12.6. The lowest BCUT2D eigenvalue weighted by atomic mass is 9.96. The largest absolute Gasteiger partial charge is 0.494 e. The number of piperidine rings is 1. The van der Waals surface area contributed by atoms with Gasteiger partial charge in [0.2, 0.25) is 5.91 Å². The van der Waals surface area contributed by atoms with Gasteiger partial charge in [0, 0.05) is 38.6 Å². The number of halogens is 1. The van der Waals surface area contributed by atoms with Crippen LogP contribution in [0.3, 0.4) is 0 Å². The Morgan fingerprint density at radius 3 is 2.36 bits per heavy atom. The molecule has 2 fully saturated rings. The summed E-state index contributed by atoms with van der Waals surface area (Å²) >= 11 is 0. The zero-order chi connectivity index (χ0) is 16.8. The summed E-state index contributed by atoms with van der Waals surface area (Å²) in [5, 5.41) is 3.33. The highest BCUT2D eigenvalue weighted by Crippen LogP contribution is 2.18. The minimum absolute atomic E-state index is 0. The summed E-state index contributed by atoms with van der Waals surface area (Å²) in [5.74, 6) is 1.54. The number of piperazine rings is 1. The third-order valence-electron chi connectivity index (χ3n) is 5.01. The fourth-order valence-corrected chi connectivity index (χ4v) is 3.57. The first-order valence-corrected chi connectivity index (χ1v) is 9.20. The van der Waals surface area contributed by atoms with Crippen LogP contribution < -0.4 is 10.1 Å². The summed E-state index contributed by atoms with van der Waals surface area (Å²) in [5.41, 5.74) is 1.30. The summed E-state index contributed by atoms with van der Waals surface area (Å²) < 4.78 is 5.49. The first-order valence-electron chi connectivity index (χ1n) is 9.20. The molecule has 3 rings (SSSR count). The molecule has 0 unspecified atom stereocenters. The standard InChI is InChI=1S/C19H29N3O2.ClH/c1-2-24-18-5-3-16(4-6-18)15-21-11-13-22(14-12-21)19(23)17-7-9-20-10-8-17;/h3-6,17,20H,2,7-15H2,1H3;1H. The van der Waals surface area contributed by atoms with Crippen LogP contribution in [0.5, 0.6) is 5.75 Å². The van der Waals surface area contributed by atoms with Crippen LogP contribution in [-0.2, 0) is 11.3 Å². The normalized spacial score (nSPS) is 19.3. The van der Waals surface area contributed by atoms with E-state index in [2.05, 4.69) is 27.2 Å². The molecule has 2 saturated heterocycles. The zero-order valence-corrected chi connectivity index (χ0v) is 15.9. The van der Waals surface area contributed by atoms with E-state index in [4.69, 9.17) is 4.74 Å². The van der Waals surface area contributed by atoms with Crippen molar-refractivity contribution in [3.63, 3.8) is 0 Å². The van der Waals surface area contributed by atoms with E-state index in [1.54, 1.807) is 0 Å². The van der Waals surface area contributed by atoms with Gasteiger partial charge in [-0.25, -0.2) is 0 Å². The Labute approximate surface area is 157 Å². The molecule has 0 aromatic heterocycles. The van der Waals surface area contributed by atoms with E-state index in [1.165, 1.54) is 5.56 Å². The number of carbonyl (C=O) groups is 1. The maximum Gasteiger partial charge on any atom is 0.225 e. The second kappa shape index (κ2) is 10.00. The highest BCUT2D eigenvalue weighted by atomic mass is 35.5. The monoisotopic (exact) mass is 367 g/mol. The van der Waals surface area contributed by atoms with Gasteiger partial charge in [-0.1, -0.05) is 12.1 Å². The minimum atomic E-state index is 0. The van der Waals surface area contributed by atoms with E-state index in [0.29, 0.717) is 12.5 Å². The molecular weight excluding hydrogens is 338 g/mol. The van der Waals surface area contributed by atoms with Gasteiger partial charge in [0.15, 0.2) is 0 Å². The third kappa shape index (κ3) is 5.59. The number of nitrogens with zero attached hydrogens (tertiary/aromatic N) is 2. The molecule has 6 heteroatoms. The van der Waals surface area contributed by atoms with Crippen molar-refractivity contribution in [3.05, 3.63) is 29.8 Å². The van der Waals surface area contributed by atoms with Gasteiger partial charge < -0.3 is 15.0 Å². The van der Waals surface area contributed by atoms with Gasteiger partial charge in [0.1, 0.15) is 5.75 Å². The van der Waals surface area contributed by atoms with Crippen molar-refractivity contribution in [2.75, 3.05) is 45.9 Å². The molecule has 2 heterocycles. The SMILES string of the molecule is CCOc1ccc(CN2CCN(C(=O)C3CCNCC3)CC2)cc1.Cl. The molecule has 0 bridgehead atoms. The number of nitrogens with one attached hydrogen (secondary N) is 1. The topological polar surface area (TPSA) is 44.8 Å². The van der Waals surface area contributed by atoms with Crippen molar-refractivity contribution < 1.29 is 9.53 Å². The van der Waals surface area contributed by atoms with E-state index in [0.717, 1.165) is 64.4 Å². The number of hydrogen-bond donors (Lipinski definition) is 1. The van der Waals surface area contributed by atoms with Gasteiger partial charge in [-0.2, -0.15) is 0 Å². The van der Waals surface area contributed by atoms with Crippen molar-refractivity contribution in [3.8, 4) is 5.75 Å². The van der Waals surface area contributed by atoms with Crippen molar-refractivity contribution in [2.45, 2.75) is 26.3 Å². The molecule has 1 aromatic carbocycles. The highest BCUT2D eigenvalue weighted by molar-refractivity contribution is 5.85. The molecule has 0 aliphatic carbocycles. The molecule has 5 nitrogen and oxygen atoms in total. The van der Waals surface area contributed by atoms with Gasteiger partial charge in [-0.15, -0.1) is 12.4 Å². The lowest BCUT2D eigenvalue weighted by Gasteiger charge is -2.37. The lowest BCUT2D eigenvalue weighted by molar-refractivity contribution is -0.138. The number of ether oxygens (including phenoxy) is 1. The zero-order valence-electron chi connectivity index (χ0n) is 15.1. The molecule has 0 spiro atoms. The second-order valence-electron chi connectivity index (χ2n) is 6.70. The summed E-state index contributed by atoms with van der Waals surface area (Å²) in [7, 11) is 0. The number of hydrogen-bond acceptors (Lipinski definition) is 4. The molecule has 1 N–H and O–H groups in total. The summed E-state index contributed by atoms with van der Waals surface area (Å²) in [6.07, 6.45) is 1.98. The summed E-state index contributed by atoms with van der Waals surface area (Å²) in [6.45, 7) is 9.25. The Kier molecular flexibility index (Phi) is 8.00. The van der Waals surface area contributed by atoms with Crippen LogP contribution in [0.15, 0.2) is 24.3 Å². The molecule has 1 aromatic rings. The van der Waals surface area contributed by atoms with E-state index < -0.39 is 0 Å². The number of benzene rings is 1. The van der Waals surface area contributed by atoms with E-state index in [1.807, 2.05) is 19.1 Å². The highest BCUT2D eigenvalue weighted by Gasteiger charge is 2.28. The number of carbonyl (C=O) groups excluding carboxylic acids is 1. The van der Waals surface area contributed by atoms with Gasteiger partial charge in [-0.05, 0) is 50.6 Å². The molecule has 2 aliphatic rings. The first-order chi connectivity index (χ1) is 11.8. The Balaban J connectivity index is 0.00000225. The molecule has 2 aliphatic heterocycles. The smallest absolute Gasteiger partial charge is 0.225 e. The number of rotatable bonds is 5. The molecular formula is C19H30ClN3O2. The molecule has 0 saturated carbocycles. The summed E-state index contributed by atoms with van der Waals surface area (Å²) in [6, 6.07) is 8.35. The number of amides is 1. The predicted molar refractivity (Wildman–Crippen MR) is 102 cm³/mol. The van der Waals surface area contributed by atoms with Crippen molar-refractivity contribution >= 4 is 18.3 Å². The summed E-state index contributed by atoms with van der Waals surface area (Å²) in [4.78, 5) is 17.1. The molecule has 0 radical (unpaired) electrons. The average Bonchev–Trinajstić information content (AvgIpc) is 2.64. The van der Waals surface area contributed by atoms with Gasteiger partial charge in [0.25, 0.3) is 0 Å². The maximum absolute atomic E-state index is 12.6. The van der Waals surface area contributed by atoms with Crippen LogP contribution in [-0.4, -0.2) is 61.6 Å². The first kappa shape index (κ1) is 20.0. The van der Waals surface area contributed by atoms with Gasteiger partial charge in [0.05, 0.1) is 6.61 Å². The van der Waals surface area contributed by atoms with E-state index in [-0.39, 0.29) is 18.3 Å². The van der Waals surface area contributed by atoms with Crippen LogP contribution in [0.2, 0.25) is 0 Å².